The van der Waals surface area contributed by atoms with Crippen LogP contribution in [0.15, 0.2) is 35.4 Å². The van der Waals surface area contributed by atoms with E-state index in [0.29, 0.717) is 34.8 Å². The van der Waals surface area contributed by atoms with Crippen molar-refractivity contribution in [3.05, 3.63) is 51.5 Å². The molecule has 0 saturated carbocycles. The minimum atomic E-state index is -1.14. The lowest BCUT2D eigenvalue weighted by molar-refractivity contribution is 0.0817. The number of thiazole rings is 1. The molecule has 0 fully saturated rings. The van der Waals surface area contributed by atoms with E-state index in [1.807, 2.05) is 29.1 Å². The van der Waals surface area contributed by atoms with Crippen molar-refractivity contribution in [3.8, 4) is 0 Å². The fraction of sp³-hybridized carbons (Fsp3) is 0.348. The molecule has 4 aromatic heterocycles. The molecule has 0 unspecified atom stereocenters. The van der Waals surface area contributed by atoms with Crippen molar-refractivity contribution in [2.24, 2.45) is 7.05 Å². The average Bonchev–Trinajstić information content (AvgIpc) is 3.47. The summed E-state index contributed by atoms with van der Waals surface area (Å²) in [7, 11) is 0.649. The van der Waals surface area contributed by atoms with Gasteiger partial charge in [0.05, 0.1) is 29.2 Å². The molecule has 0 radical (unpaired) electrons. The fourth-order valence-corrected chi connectivity index (χ4v) is 5.74. The highest BCUT2D eigenvalue weighted by molar-refractivity contribution is 7.21. The van der Waals surface area contributed by atoms with E-state index < -0.39 is 8.07 Å². The second-order valence-electron chi connectivity index (χ2n) is 9.59. The summed E-state index contributed by atoms with van der Waals surface area (Å²) in [5.74, 6) is 0. The van der Waals surface area contributed by atoms with Crippen LogP contribution in [-0.2, 0) is 25.1 Å². The lowest BCUT2D eigenvalue weighted by Crippen LogP contribution is -2.24. The SMILES string of the molecule is Cn1c2nc(C=O)sc2c2cnn(Cc3cccc4c3cnn4COCC[Si](C)(C)C)c(=O)c21. The van der Waals surface area contributed by atoms with E-state index in [9.17, 15) is 9.59 Å². The summed E-state index contributed by atoms with van der Waals surface area (Å²) in [6.07, 6.45) is 4.23. The van der Waals surface area contributed by atoms with E-state index in [0.717, 1.165) is 40.1 Å². The first-order valence-corrected chi connectivity index (χ1v) is 15.6. The van der Waals surface area contributed by atoms with Crippen molar-refractivity contribution in [2.75, 3.05) is 6.61 Å². The number of hydrogen-bond acceptors (Lipinski definition) is 7. The minimum Gasteiger partial charge on any atom is -0.360 e. The Bertz CT molecular complexity index is 1590. The van der Waals surface area contributed by atoms with Crippen LogP contribution in [0.3, 0.4) is 0 Å². The van der Waals surface area contributed by atoms with Crippen molar-refractivity contribution in [1.29, 1.82) is 0 Å². The lowest BCUT2D eigenvalue weighted by Gasteiger charge is -2.15. The molecule has 0 amide bonds. The zero-order chi connectivity index (χ0) is 24.0. The molecule has 0 bridgehead atoms. The molecule has 4 heterocycles. The Morgan fingerprint density at radius 1 is 1.12 bits per heavy atom. The van der Waals surface area contributed by atoms with Crippen LogP contribution in [0.5, 0.6) is 0 Å². The van der Waals surface area contributed by atoms with Crippen molar-refractivity contribution < 1.29 is 9.53 Å². The van der Waals surface area contributed by atoms with Gasteiger partial charge in [-0.3, -0.25) is 9.59 Å². The number of fused-ring (bicyclic) bond motifs is 4. The summed E-state index contributed by atoms with van der Waals surface area (Å²) >= 11 is 1.27. The molecular weight excluding hydrogens is 468 g/mol. The second kappa shape index (κ2) is 8.57. The zero-order valence-electron chi connectivity index (χ0n) is 19.6. The Kier molecular flexibility index (Phi) is 5.70. The molecule has 11 heteroatoms. The van der Waals surface area contributed by atoms with E-state index in [1.54, 1.807) is 17.8 Å². The van der Waals surface area contributed by atoms with Gasteiger partial charge in [-0.15, -0.1) is 11.3 Å². The highest BCUT2D eigenvalue weighted by Gasteiger charge is 2.19. The van der Waals surface area contributed by atoms with E-state index in [1.165, 1.54) is 16.0 Å². The van der Waals surface area contributed by atoms with Crippen LogP contribution in [0.25, 0.3) is 32.2 Å². The molecule has 1 aromatic carbocycles. The molecule has 0 aliphatic heterocycles. The molecule has 34 heavy (non-hydrogen) atoms. The first-order valence-electron chi connectivity index (χ1n) is 11.1. The van der Waals surface area contributed by atoms with Gasteiger partial charge in [-0.1, -0.05) is 31.8 Å². The standard InChI is InChI=1S/C23H26N6O3SSi/c1-27-20-17(21-22(27)26-19(13-30)33-21)11-24-28(23(20)31)12-15-6-5-7-18-16(15)10-25-29(18)14-32-8-9-34(2,3)4/h5-7,10-11,13H,8-9,12,14H2,1-4H3. The summed E-state index contributed by atoms with van der Waals surface area (Å²) in [4.78, 5) is 28.8. The monoisotopic (exact) mass is 494 g/mol. The Morgan fingerprint density at radius 2 is 1.88 bits per heavy atom. The summed E-state index contributed by atoms with van der Waals surface area (Å²) in [6, 6.07) is 7.07. The summed E-state index contributed by atoms with van der Waals surface area (Å²) < 4.78 is 11.7. The minimum absolute atomic E-state index is 0.197. The summed E-state index contributed by atoms with van der Waals surface area (Å²) in [5.41, 5.74) is 2.87. The number of aromatic nitrogens is 6. The van der Waals surface area contributed by atoms with Crippen molar-refractivity contribution in [2.45, 2.75) is 39.0 Å². The maximum Gasteiger partial charge on any atom is 0.291 e. The van der Waals surface area contributed by atoms with Gasteiger partial charge in [-0.25, -0.2) is 14.3 Å². The van der Waals surface area contributed by atoms with Crippen LogP contribution in [0, 0.1) is 0 Å². The molecule has 5 rings (SSSR count). The van der Waals surface area contributed by atoms with E-state index in [2.05, 4.69) is 34.8 Å². The number of ether oxygens (including phenoxy) is 1. The largest absolute Gasteiger partial charge is 0.360 e. The van der Waals surface area contributed by atoms with Crippen LogP contribution >= 0.6 is 11.3 Å². The van der Waals surface area contributed by atoms with E-state index >= 15 is 0 Å². The van der Waals surface area contributed by atoms with E-state index in [-0.39, 0.29) is 5.56 Å². The number of carbonyl (C=O) groups is 1. The molecule has 0 N–H and O–H groups in total. The Hall–Kier alpha value is -3.15. The van der Waals surface area contributed by atoms with Crippen LogP contribution < -0.4 is 5.56 Å². The zero-order valence-corrected chi connectivity index (χ0v) is 21.4. The lowest BCUT2D eigenvalue weighted by atomic mass is 10.1. The van der Waals surface area contributed by atoms with Crippen molar-refractivity contribution in [3.63, 3.8) is 0 Å². The Labute approximate surface area is 200 Å². The van der Waals surface area contributed by atoms with Gasteiger partial charge in [0.1, 0.15) is 12.2 Å². The maximum absolute atomic E-state index is 13.3. The predicted octanol–water partition coefficient (Wildman–Crippen LogP) is 3.87. The number of rotatable bonds is 8. The summed E-state index contributed by atoms with van der Waals surface area (Å²) in [6.45, 7) is 8.44. The average molecular weight is 495 g/mol. The molecule has 0 spiro atoms. The van der Waals surface area contributed by atoms with Crippen molar-refractivity contribution >= 4 is 57.8 Å². The first-order chi connectivity index (χ1) is 16.3. The highest BCUT2D eigenvalue weighted by Crippen LogP contribution is 2.30. The molecule has 0 saturated heterocycles. The van der Waals surface area contributed by atoms with Gasteiger partial charge in [-0.2, -0.15) is 10.2 Å². The van der Waals surface area contributed by atoms with Gasteiger partial charge >= 0.3 is 0 Å². The molecule has 0 atom stereocenters. The normalized spacial score (nSPS) is 12.4. The summed E-state index contributed by atoms with van der Waals surface area (Å²) in [5, 5.41) is 11.0. The van der Waals surface area contributed by atoms with Gasteiger partial charge in [0.2, 0.25) is 0 Å². The smallest absolute Gasteiger partial charge is 0.291 e. The highest BCUT2D eigenvalue weighted by atomic mass is 32.1. The van der Waals surface area contributed by atoms with Crippen LogP contribution in [0.4, 0.5) is 0 Å². The quantitative estimate of drug-likeness (QED) is 0.185. The predicted molar refractivity (Wildman–Crippen MR) is 136 cm³/mol. The third kappa shape index (κ3) is 3.99. The molecule has 5 aromatic rings. The second-order valence-corrected chi connectivity index (χ2v) is 16.2. The number of carbonyl (C=O) groups excluding carboxylic acids is 1. The fourth-order valence-electron chi connectivity index (χ4n) is 4.06. The topological polar surface area (TPSA) is 96.8 Å². The number of benzene rings is 1. The molecule has 176 valence electrons. The molecular formula is C23H26N6O3SSi. The Morgan fingerprint density at radius 3 is 2.65 bits per heavy atom. The van der Waals surface area contributed by atoms with Gasteiger partial charge in [0.25, 0.3) is 5.56 Å². The molecule has 0 aliphatic rings. The van der Waals surface area contributed by atoms with Crippen LogP contribution in [0.2, 0.25) is 25.7 Å². The number of aryl methyl sites for hydroxylation is 1. The first kappa shape index (κ1) is 22.6. The number of nitrogens with zero attached hydrogens (tertiary/aromatic N) is 6. The molecule has 9 nitrogen and oxygen atoms in total. The van der Waals surface area contributed by atoms with E-state index in [4.69, 9.17) is 4.74 Å². The van der Waals surface area contributed by atoms with Crippen molar-refractivity contribution in [1.82, 2.24) is 29.1 Å². The maximum atomic E-state index is 13.3. The van der Waals surface area contributed by atoms with Gasteiger partial charge in [0, 0.05) is 32.5 Å². The van der Waals surface area contributed by atoms with Gasteiger partial charge in [0.15, 0.2) is 16.9 Å². The van der Waals surface area contributed by atoms with Gasteiger partial charge < -0.3 is 9.30 Å². The van der Waals surface area contributed by atoms with Crippen LogP contribution in [0.1, 0.15) is 15.4 Å². The number of hydrogen-bond donors (Lipinski definition) is 0. The number of aldehydes is 1. The molecule has 0 aliphatic carbocycles. The third-order valence-electron chi connectivity index (χ3n) is 5.95. The Balaban J connectivity index is 1.45. The third-order valence-corrected chi connectivity index (χ3v) is 8.66. The van der Waals surface area contributed by atoms with Gasteiger partial charge in [-0.05, 0) is 17.7 Å². The van der Waals surface area contributed by atoms with Crippen LogP contribution in [-0.4, -0.2) is 50.1 Å².